The molecule has 3 heteroatoms. The number of hydrogen-bond donors (Lipinski definition) is 0. The van der Waals surface area contributed by atoms with E-state index in [9.17, 15) is 9.18 Å². The number of fused-ring (bicyclic) bond motifs is 1. The van der Waals surface area contributed by atoms with Crippen LogP contribution in [0.5, 0.6) is 5.75 Å². The molecule has 1 aliphatic heterocycles. The van der Waals surface area contributed by atoms with Gasteiger partial charge in [0.25, 0.3) is 0 Å². The zero-order valence-electron chi connectivity index (χ0n) is 11.9. The van der Waals surface area contributed by atoms with Crippen molar-refractivity contribution in [3.05, 3.63) is 65.0 Å². The summed E-state index contributed by atoms with van der Waals surface area (Å²) in [7, 11) is 0. The van der Waals surface area contributed by atoms with E-state index in [0.717, 1.165) is 22.4 Å². The summed E-state index contributed by atoms with van der Waals surface area (Å²) in [6.07, 6.45) is 1.04. The molecule has 2 aromatic carbocycles. The molecule has 1 heterocycles. The highest BCUT2D eigenvalue weighted by molar-refractivity contribution is 5.88. The number of ketones is 1. The molecule has 0 saturated heterocycles. The van der Waals surface area contributed by atoms with E-state index < -0.39 is 0 Å². The van der Waals surface area contributed by atoms with E-state index in [4.69, 9.17) is 4.74 Å². The largest absolute Gasteiger partial charge is 0.493 e. The lowest BCUT2D eigenvalue weighted by Crippen LogP contribution is -2.22. The Morgan fingerprint density at radius 2 is 2.10 bits per heavy atom. The van der Waals surface area contributed by atoms with Crippen LogP contribution in [-0.4, -0.2) is 12.4 Å². The number of carbonyl (C=O) groups excluding carboxylic acids is 1. The van der Waals surface area contributed by atoms with Crippen LogP contribution in [0, 0.1) is 12.7 Å². The fourth-order valence-corrected chi connectivity index (χ4v) is 2.85. The molecule has 2 nitrogen and oxygen atoms in total. The van der Waals surface area contributed by atoms with E-state index in [1.165, 1.54) is 12.1 Å². The second kappa shape index (κ2) is 5.68. The predicted molar refractivity (Wildman–Crippen MR) is 79.1 cm³/mol. The topological polar surface area (TPSA) is 26.3 Å². The maximum Gasteiger partial charge on any atom is 0.144 e. The Morgan fingerprint density at radius 1 is 1.29 bits per heavy atom. The van der Waals surface area contributed by atoms with E-state index >= 15 is 0 Å². The Bertz CT molecular complexity index is 679. The number of Topliss-reactive ketones (excluding diaryl/α,β-unsaturated/α-hetero) is 1. The van der Waals surface area contributed by atoms with E-state index in [0.29, 0.717) is 19.4 Å². The van der Waals surface area contributed by atoms with Crippen LogP contribution in [-0.2, 0) is 11.2 Å². The van der Waals surface area contributed by atoms with Crippen LogP contribution < -0.4 is 4.74 Å². The Morgan fingerprint density at radius 3 is 2.90 bits per heavy atom. The first kappa shape index (κ1) is 13.8. The highest BCUT2D eigenvalue weighted by Crippen LogP contribution is 2.34. The predicted octanol–water partition coefficient (Wildman–Crippen LogP) is 3.81. The third-order valence-corrected chi connectivity index (χ3v) is 4.02. The van der Waals surface area contributed by atoms with Gasteiger partial charge in [0, 0.05) is 17.9 Å². The fourth-order valence-electron chi connectivity index (χ4n) is 2.85. The molecule has 0 N–H and O–H groups in total. The lowest BCUT2D eigenvalue weighted by Gasteiger charge is -2.25. The minimum Gasteiger partial charge on any atom is -0.493 e. The monoisotopic (exact) mass is 284 g/mol. The molecular weight excluding hydrogens is 267 g/mol. The van der Waals surface area contributed by atoms with Crippen LogP contribution >= 0.6 is 0 Å². The van der Waals surface area contributed by atoms with Gasteiger partial charge >= 0.3 is 0 Å². The number of ether oxygens (including phenoxy) is 1. The van der Waals surface area contributed by atoms with Crippen molar-refractivity contribution in [3.63, 3.8) is 0 Å². The summed E-state index contributed by atoms with van der Waals surface area (Å²) >= 11 is 0. The van der Waals surface area contributed by atoms with E-state index in [1.54, 1.807) is 6.07 Å². The molecule has 1 unspecified atom stereocenters. The number of rotatable bonds is 3. The van der Waals surface area contributed by atoms with Crippen molar-refractivity contribution in [2.75, 3.05) is 6.61 Å². The molecule has 0 fully saturated rings. The molecule has 108 valence electrons. The number of halogens is 1. The van der Waals surface area contributed by atoms with E-state index in [-0.39, 0.29) is 17.5 Å². The molecular formula is C18H17FO2. The van der Waals surface area contributed by atoms with E-state index in [2.05, 4.69) is 0 Å². The number of para-hydroxylation sites is 1. The lowest BCUT2D eigenvalue weighted by molar-refractivity contribution is -0.120. The van der Waals surface area contributed by atoms with Crippen molar-refractivity contribution in [3.8, 4) is 5.75 Å². The third-order valence-electron chi connectivity index (χ3n) is 4.02. The van der Waals surface area contributed by atoms with Crippen LogP contribution in [0.25, 0.3) is 0 Å². The molecule has 21 heavy (non-hydrogen) atoms. The van der Waals surface area contributed by atoms with Crippen molar-refractivity contribution in [2.45, 2.75) is 25.7 Å². The second-order valence-corrected chi connectivity index (χ2v) is 5.44. The molecule has 0 aliphatic carbocycles. The quantitative estimate of drug-likeness (QED) is 0.856. The number of carbonyl (C=O) groups is 1. The molecule has 0 bridgehead atoms. The van der Waals surface area contributed by atoms with Gasteiger partial charge in [0.1, 0.15) is 17.3 Å². The Labute approximate surface area is 123 Å². The van der Waals surface area contributed by atoms with Crippen LogP contribution in [0.15, 0.2) is 42.5 Å². The van der Waals surface area contributed by atoms with Crippen LogP contribution in [0.4, 0.5) is 4.39 Å². The van der Waals surface area contributed by atoms with Crippen molar-refractivity contribution in [1.82, 2.24) is 0 Å². The molecule has 0 aromatic heterocycles. The van der Waals surface area contributed by atoms with Gasteiger partial charge in [-0.25, -0.2) is 4.39 Å². The summed E-state index contributed by atoms with van der Waals surface area (Å²) in [5, 5.41) is 0. The van der Waals surface area contributed by atoms with Gasteiger partial charge in [-0.05, 0) is 42.7 Å². The van der Waals surface area contributed by atoms with Gasteiger partial charge in [-0.2, -0.15) is 0 Å². The van der Waals surface area contributed by atoms with Crippen LogP contribution in [0.1, 0.15) is 29.0 Å². The lowest BCUT2D eigenvalue weighted by atomic mass is 9.86. The first-order valence-corrected chi connectivity index (χ1v) is 7.14. The SMILES string of the molecule is Cc1cc(F)ccc1CC(=O)C1CCOc2ccccc21. The van der Waals surface area contributed by atoms with Gasteiger partial charge in [-0.15, -0.1) is 0 Å². The smallest absolute Gasteiger partial charge is 0.144 e. The maximum absolute atomic E-state index is 13.1. The van der Waals surface area contributed by atoms with Gasteiger partial charge in [-0.1, -0.05) is 24.3 Å². The van der Waals surface area contributed by atoms with Crippen LogP contribution in [0.2, 0.25) is 0 Å². The molecule has 0 radical (unpaired) electrons. The van der Waals surface area contributed by atoms with Crippen molar-refractivity contribution in [2.24, 2.45) is 0 Å². The second-order valence-electron chi connectivity index (χ2n) is 5.44. The highest BCUT2D eigenvalue weighted by Gasteiger charge is 2.27. The summed E-state index contributed by atoms with van der Waals surface area (Å²) < 4.78 is 18.7. The van der Waals surface area contributed by atoms with E-state index in [1.807, 2.05) is 31.2 Å². The summed E-state index contributed by atoms with van der Waals surface area (Å²) in [4.78, 5) is 12.6. The van der Waals surface area contributed by atoms with Gasteiger partial charge < -0.3 is 4.74 Å². The van der Waals surface area contributed by atoms with Gasteiger partial charge in [0.05, 0.1) is 6.61 Å². The van der Waals surface area contributed by atoms with Gasteiger partial charge in [0.15, 0.2) is 0 Å². The molecule has 0 saturated carbocycles. The average Bonchev–Trinajstić information content (AvgIpc) is 2.49. The Balaban J connectivity index is 1.83. The molecule has 3 rings (SSSR count). The zero-order chi connectivity index (χ0) is 14.8. The molecule has 2 aromatic rings. The minimum absolute atomic E-state index is 0.126. The normalized spacial score (nSPS) is 17.0. The summed E-state index contributed by atoms with van der Waals surface area (Å²) in [6, 6.07) is 12.3. The van der Waals surface area contributed by atoms with Gasteiger partial charge in [0.2, 0.25) is 0 Å². The number of hydrogen-bond acceptors (Lipinski definition) is 2. The number of aryl methyl sites for hydroxylation is 1. The maximum atomic E-state index is 13.1. The zero-order valence-corrected chi connectivity index (χ0v) is 11.9. The highest BCUT2D eigenvalue weighted by atomic mass is 19.1. The van der Waals surface area contributed by atoms with Crippen molar-refractivity contribution < 1.29 is 13.9 Å². The van der Waals surface area contributed by atoms with Gasteiger partial charge in [-0.3, -0.25) is 4.79 Å². The molecule has 1 aliphatic rings. The molecule has 0 spiro atoms. The molecule has 0 amide bonds. The number of benzene rings is 2. The fraction of sp³-hybridized carbons (Fsp3) is 0.278. The average molecular weight is 284 g/mol. The van der Waals surface area contributed by atoms with Crippen molar-refractivity contribution >= 4 is 5.78 Å². The Hall–Kier alpha value is -2.16. The summed E-state index contributed by atoms with van der Waals surface area (Å²) in [6.45, 7) is 2.40. The third kappa shape index (κ3) is 2.82. The first-order chi connectivity index (χ1) is 10.1. The summed E-state index contributed by atoms with van der Waals surface area (Å²) in [5.74, 6) is 0.581. The molecule has 1 atom stereocenters. The Kier molecular flexibility index (Phi) is 3.74. The minimum atomic E-state index is -0.264. The van der Waals surface area contributed by atoms with Crippen molar-refractivity contribution in [1.29, 1.82) is 0 Å². The van der Waals surface area contributed by atoms with Crippen LogP contribution in [0.3, 0.4) is 0 Å². The first-order valence-electron chi connectivity index (χ1n) is 7.14. The standard InChI is InChI=1S/C18H17FO2/c1-12-10-14(19)7-6-13(12)11-17(20)15-8-9-21-18-5-3-2-4-16(15)18/h2-7,10,15H,8-9,11H2,1H3. The summed E-state index contributed by atoms with van der Waals surface area (Å²) in [5.41, 5.74) is 2.68.